The molecule has 0 atom stereocenters. The van der Waals surface area contributed by atoms with Gasteiger partial charge in [-0.15, -0.1) is 0 Å². The largest absolute Gasteiger partial charge is 0.349 e. The van der Waals surface area contributed by atoms with Crippen molar-refractivity contribution in [2.45, 2.75) is 6.42 Å². The normalized spacial score (nSPS) is 15.3. The van der Waals surface area contributed by atoms with Gasteiger partial charge in [-0.1, -0.05) is 35.4 Å². The van der Waals surface area contributed by atoms with E-state index in [0.717, 1.165) is 25.1 Å². The first kappa shape index (κ1) is 13.8. The van der Waals surface area contributed by atoms with E-state index >= 15 is 0 Å². The van der Waals surface area contributed by atoms with Crippen LogP contribution in [0.15, 0.2) is 42.0 Å². The first-order valence-corrected chi connectivity index (χ1v) is 6.72. The minimum absolute atomic E-state index is 0.0746. The van der Waals surface area contributed by atoms with Crippen LogP contribution in [0, 0.1) is 0 Å². The molecule has 0 aromatic heterocycles. The van der Waals surface area contributed by atoms with Gasteiger partial charge in [0, 0.05) is 24.2 Å². The first-order valence-electron chi connectivity index (χ1n) is 6.34. The molecule has 4 heteroatoms. The molecular formula is C15H17ClN2O. The van der Waals surface area contributed by atoms with Crippen molar-refractivity contribution in [3.05, 3.63) is 52.6 Å². The number of halogens is 1. The van der Waals surface area contributed by atoms with Crippen molar-refractivity contribution in [2.75, 3.05) is 19.6 Å². The van der Waals surface area contributed by atoms with Crippen molar-refractivity contribution >= 4 is 23.6 Å². The van der Waals surface area contributed by atoms with Gasteiger partial charge in [0.15, 0.2) is 0 Å². The van der Waals surface area contributed by atoms with Crippen LogP contribution in [0.4, 0.5) is 0 Å². The van der Waals surface area contributed by atoms with E-state index in [4.69, 9.17) is 11.6 Å². The lowest BCUT2D eigenvalue weighted by Gasteiger charge is -2.13. The smallest absolute Gasteiger partial charge is 0.244 e. The van der Waals surface area contributed by atoms with Gasteiger partial charge >= 0.3 is 0 Å². The number of carbonyl (C=O) groups excluding carboxylic acids is 1. The molecule has 1 amide bonds. The number of rotatable bonds is 4. The zero-order valence-corrected chi connectivity index (χ0v) is 11.4. The Morgan fingerprint density at radius 1 is 1.37 bits per heavy atom. The topological polar surface area (TPSA) is 41.1 Å². The minimum Gasteiger partial charge on any atom is -0.349 e. The first-order chi connectivity index (χ1) is 9.24. The predicted octanol–water partition coefficient (Wildman–Crippen LogP) is 2.39. The number of nitrogens with one attached hydrogen (secondary N) is 2. The number of hydrogen-bond acceptors (Lipinski definition) is 2. The van der Waals surface area contributed by atoms with E-state index in [2.05, 4.69) is 16.7 Å². The molecule has 0 saturated carbocycles. The summed E-state index contributed by atoms with van der Waals surface area (Å²) in [7, 11) is 0. The van der Waals surface area contributed by atoms with Crippen molar-refractivity contribution in [3.63, 3.8) is 0 Å². The molecule has 1 heterocycles. The van der Waals surface area contributed by atoms with Gasteiger partial charge in [0.1, 0.15) is 0 Å². The molecule has 0 aliphatic carbocycles. The SMILES string of the molecule is O=C(/C=C/c1ccc(Cl)cc1)NCC1=CCNCC1. The molecule has 1 aliphatic rings. The summed E-state index contributed by atoms with van der Waals surface area (Å²) in [5, 5.41) is 6.82. The highest BCUT2D eigenvalue weighted by Gasteiger charge is 2.03. The molecule has 0 radical (unpaired) electrons. The van der Waals surface area contributed by atoms with Crippen LogP contribution in [0.3, 0.4) is 0 Å². The van der Waals surface area contributed by atoms with Crippen LogP contribution in [-0.2, 0) is 4.79 Å². The molecule has 1 aromatic carbocycles. The number of hydrogen-bond donors (Lipinski definition) is 2. The summed E-state index contributed by atoms with van der Waals surface area (Å²) >= 11 is 5.80. The quantitative estimate of drug-likeness (QED) is 0.655. The van der Waals surface area contributed by atoms with Gasteiger partial charge in [-0.05, 0) is 36.7 Å². The molecule has 0 unspecified atom stereocenters. The molecule has 0 spiro atoms. The van der Waals surface area contributed by atoms with Gasteiger partial charge in [-0.3, -0.25) is 4.79 Å². The Balaban J connectivity index is 1.80. The molecular weight excluding hydrogens is 260 g/mol. The Morgan fingerprint density at radius 3 is 2.84 bits per heavy atom. The predicted molar refractivity (Wildman–Crippen MR) is 79.1 cm³/mol. The maximum Gasteiger partial charge on any atom is 0.244 e. The molecule has 0 saturated heterocycles. The van der Waals surface area contributed by atoms with Crippen LogP contribution < -0.4 is 10.6 Å². The Kier molecular flexibility index (Phi) is 5.19. The van der Waals surface area contributed by atoms with Crippen LogP contribution in [-0.4, -0.2) is 25.5 Å². The highest BCUT2D eigenvalue weighted by Crippen LogP contribution is 2.10. The summed E-state index contributed by atoms with van der Waals surface area (Å²) in [4.78, 5) is 11.7. The van der Waals surface area contributed by atoms with Crippen LogP contribution in [0.25, 0.3) is 6.08 Å². The summed E-state index contributed by atoms with van der Waals surface area (Å²) in [5.41, 5.74) is 2.24. The Labute approximate surface area is 118 Å². The summed E-state index contributed by atoms with van der Waals surface area (Å²) < 4.78 is 0. The average molecular weight is 277 g/mol. The standard InChI is InChI=1S/C15H17ClN2O/c16-14-4-1-12(2-5-14)3-6-15(19)18-11-13-7-9-17-10-8-13/h1-7,17H,8-11H2,(H,18,19)/b6-3+. The summed E-state index contributed by atoms with van der Waals surface area (Å²) in [6.45, 7) is 2.51. The van der Waals surface area contributed by atoms with Gasteiger partial charge in [-0.2, -0.15) is 0 Å². The van der Waals surface area contributed by atoms with Gasteiger partial charge in [0.2, 0.25) is 5.91 Å². The fourth-order valence-electron chi connectivity index (χ4n) is 1.84. The second-order valence-electron chi connectivity index (χ2n) is 4.42. The van der Waals surface area contributed by atoms with E-state index in [1.54, 1.807) is 24.3 Å². The maximum atomic E-state index is 11.7. The Morgan fingerprint density at radius 2 is 2.16 bits per heavy atom. The second kappa shape index (κ2) is 7.12. The lowest BCUT2D eigenvalue weighted by atomic mass is 10.1. The van der Waals surface area contributed by atoms with Crippen molar-refractivity contribution in [3.8, 4) is 0 Å². The molecule has 100 valence electrons. The Hall–Kier alpha value is -1.58. The number of carbonyl (C=O) groups is 1. The fraction of sp³-hybridized carbons (Fsp3) is 0.267. The van der Waals surface area contributed by atoms with E-state index in [1.807, 2.05) is 12.1 Å². The highest BCUT2D eigenvalue weighted by molar-refractivity contribution is 6.30. The van der Waals surface area contributed by atoms with E-state index in [1.165, 1.54) is 5.57 Å². The van der Waals surface area contributed by atoms with Crippen LogP contribution in [0.2, 0.25) is 5.02 Å². The zero-order chi connectivity index (χ0) is 13.5. The molecule has 2 rings (SSSR count). The summed E-state index contributed by atoms with van der Waals surface area (Å²) in [6, 6.07) is 7.36. The van der Waals surface area contributed by atoms with E-state index in [-0.39, 0.29) is 5.91 Å². The lowest BCUT2D eigenvalue weighted by molar-refractivity contribution is -0.116. The molecule has 3 nitrogen and oxygen atoms in total. The third-order valence-corrected chi connectivity index (χ3v) is 3.20. The fourth-order valence-corrected chi connectivity index (χ4v) is 1.96. The zero-order valence-electron chi connectivity index (χ0n) is 10.7. The highest BCUT2D eigenvalue weighted by atomic mass is 35.5. The van der Waals surface area contributed by atoms with Crippen LogP contribution >= 0.6 is 11.6 Å². The minimum atomic E-state index is -0.0746. The average Bonchev–Trinajstić information content (AvgIpc) is 2.45. The molecule has 2 N–H and O–H groups in total. The summed E-state index contributed by atoms with van der Waals surface area (Å²) in [6.07, 6.45) is 6.46. The van der Waals surface area contributed by atoms with Gasteiger partial charge in [0.25, 0.3) is 0 Å². The van der Waals surface area contributed by atoms with Gasteiger partial charge < -0.3 is 10.6 Å². The molecule has 19 heavy (non-hydrogen) atoms. The molecule has 0 fully saturated rings. The van der Waals surface area contributed by atoms with E-state index in [0.29, 0.717) is 11.6 Å². The van der Waals surface area contributed by atoms with Crippen molar-refractivity contribution < 1.29 is 4.79 Å². The third kappa shape index (κ3) is 4.89. The van der Waals surface area contributed by atoms with Crippen molar-refractivity contribution in [1.82, 2.24) is 10.6 Å². The Bertz CT molecular complexity index is 491. The second-order valence-corrected chi connectivity index (χ2v) is 4.86. The van der Waals surface area contributed by atoms with Crippen molar-refractivity contribution in [1.29, 1.82) is 0 Å². The van der Waals surface area contributed by atoms with Crippen molar-refractivity contribution in [2.24, 2.45) is 0 Å². The monoisotopic (exact) mass is 276 g/mol. The van der Waals surface area contributed by atoms with Gasteiger partial charge in [0.05, 0.1) is 0 Å². The third-order valence-electron chi connectivity index (χ3n) is 2.94. The van der Waals surface area contributed by atoms with Crippen LogP contribution in [0.5, 0.6) is 0 Å². The number of amides is 1. The van der Waals surface area contributed by atoms with Gasteiger partial charge in [-0.25, -0.2) is 0 Å². The van der Waals surface area contributed by atoms with E-state index < -0.39 is 0 Å². The summed E-state index contributed by atoms with van der Waals surface area (Å²) in [5.74, 6) is -0.0746. The van der Waals surface area contributed by atoms with E-state index in [9.17, 15) is 4.79 Å². The molecule has 1 aromatic rings. The lowest BCUT2D eigenvalue weighted by Crippen LogP contribution is -2.28. The molecule has 1 aliphatic heterocycles. The maximum absolute atomic E-state index is 11.7. The molecule has 0 bridgehead atoms. The number of benzene rings is 1. The van der Waals surface area contributed by atoms with Crippen LogP contribution in [0.1, 0.15) is 12.0 Å².